The minimum atomic E-state index is -4.01. The Balaban J connectivity index is 3.47. The first-order valence-corrected chi connectivity index (χ1v) is 6.15. The maximum absolute atomic E-state index is 10.7. The van der Waals surface area contributed by atoms with E-state index < -0.39 is 16.5 Å². The molecule has 0 aromatic heterocycles. The van der Waals surface area contributed by atoms with Gasteiger partial charge in [0, 0.05) is 0 Å². The summed E-state index contributed by atoms with van der Waals surface area (Å²) in [7, 11) is -5.70. The first-order chi connectivity index (χ1) is 5.62. The van der Waals surface area contributed by atoms with Gasteiger partial charge in [-0.15, -0.1) is 0 Å². The lowest BCUT2D eigenvalue weighted by Gasteiger charge is -2.07. The van der Waals surface area contributed by atoms with Crippen molar-refractivity contribution in [2.75, 3.05) is 6.61 Å². The van der Waals surface area contributed by atoms with Crippen molar-refractivity contribution in [3.8, 4) is 0 Å². The van der Waals surface area contributed by atoms with Gasteiger partial charge in [-0.05, 0) is 6.42 Å². The van der Waals surface area contributed by atoms with E-state index in [1.807, 2.05) is 6.92 Å². The van der Waals surface area contributed by atoms with E-state index in [1.54, 1.807) is 0 Å². The predicted molar refractivity (Wildman–Crippen MR) is 46.8 cm³/mol. The van der Waals surface area contributed by atoms with E-state index in [2.05, 4.69) is 8.83 Å². The van der Waals surface area contributed by atoms with Crippen molar-refractivity contribution in [1.82, 2.24) is 0 Å². The zero-order valence-corrected chi connectivity index (χ0v) is 8.98. The van der Waals surface area contributed by atoms with Gasteiger partial charge in [0.2, 0.25) is 0 Å². The molecule has 74 valence electrons. The van der Waals surface area contributed by atoms with Crippen LogP contribution in [0.2, 0.25) is 0 Å². The van der Waals surface area contributed by atoms with E-state index >= 15 is 0 Å². The molecule has 0 aromatic carbocycles. The van der Waals surface area contributed by atoms with E-state index in [1.165, 1.54) is 0 Å². The third-order valence-electron chi connectivity index (χ3n) is 1.18. The second kappa shape index (κ2) is 6.81. The maximum Gasteiger partial charge on any atom is 0.477 e. The third kappa shape index (κ3) is 7.01. The maximum atomic E-state index is 10.7. The van der Waals surface area contributed by atoms with Crippen LogP contribution in [-0.2, 0) is 18.0 Å². The molecule has 0 saturated heterocycles. The Labute approximate surface area is 73.0 Å². The Morgan fingerprint density at radius 3 is 2.67 bits per heavy atom. The van der Waals surface area contributed by atoms with Crippen LogP contribution in [-0.4, -0.2) is 11.5 Å². The molecule has 0 bridgehead atoms. The predicted octanol–water partition coefficient (Wildman–Crippen LogP) is 1.98. The lowest BCUT2D eigenvalue weighted by molar-refractivity contribution is 0.205. The van der Waals surface area contributed by atoms with Crippen LogP contribution in [0.15, 0.2) is 0 Å². The highest BCUT2D eigenvalue weighted by Gasteiger charge is 2.19. The van der Waals surface area contributed by atoms with Crippen LogP contribution < -0.4 is 0 Å². The highest BCUT2D eigenvalue weighted by Crippen LogP contribution is 2.46. The number of phosphoric ester groups is 1. The number of hydrogen-bond donors (Lipinski definition) is 1. The summed E-state index contributed by atoms with van der Waals surface area (Å²) in [6, 6.07) is 0. The van der Waals surface area contributed by atoms with E-state index in [0.29, 0.717) is 6.42 Å². The highest BCUT2D eigenvalue weighted by atomic mass is 31.2. The summed E-state index contributed by atoms with van der Waals surface area (Å²) in [5.41, 5.74) is 0. The molecule has 12 heavy (non-hydrogen) atoms. The van der Waals surface area contributed by atoms with Crippen LogP contribution in [0.4, 0.5) is 0 Å². The Kier molecular flexibility index (Phi) is 7.01. The summed E-state index contributed by atoms with van der Waals surface area (Å²) in [5.74, 6) is 0. The van der Waals surface area contributed by atoms with Crippen LogP contribution >= 0.6 is 16.5 Å². The molecule has 0 aromatic rings. The Bertz CT molecular complexity index is 171. The van der Waals surface area contributed by atoms with Crippen molar-refractivity contribution < 1.29 is 22.9 Å². The molecule has 2 unspecified atom stereocenters. The lowest BCUT2D eigenvalue weighted by Crippen LogP contribution is -1.92. The molecule has 0 rings (SSSR count). The molecule has 0 aliphatic rings. The fraction of sp³-hybridized carbons (Fsp3) is 1.00. The van der Waals surface area contributed by atoms with Crippen LogP contribution in [0, 0.1) is 0 Å². The number of phosphoric acid groups is 1. The second-order valence-corrected chi connectivity index (χ2v) is 4.44. The molecule has 0 amide bonds. The van der Waals surface area contributed by atoms with Crippen LogP contribution in [0.25, 0.3) is 0 Å². The molecule has 0 fully saturated rings. The van der Waals surface area contributed by atoms with Crippen LogP contribution in [0.3, 0.4) is 0 Å². The van der Waals surface area contributed by atoms with Gasteiger partial charge in [-0.3, -0.25) is 9.09 Å². The summed E-state index contributed by atoms with van der Waals surface area (Å²) < 4.78 is 29.1. The van der Waals surface area contributed by atoms with Gasteiger partial charge in [0.25, 0.3) is 0 Å². The van der Waals surface area contributed by atoms with Gasteiger partial charge in [-0.1, -0.05) is 19.8 Å². The molecule has 0 radical (unpaired) electrons. The van der Waals surface area contributed by atoms with Gasteiger partial charge in [0.05, 0.1) is 6.61 Å². The van der Waals surface area contributed by atoms with E-state index in [9.17, 15) is 9.13 Å². The molecule has 0 heterocycles. The summed E-state index contributed by atoms with van der Waals surface area (Å²) >= 11 is 0. The van der Waals surface area contributed by atoms with Crippen LogP contribution in [0.5, 0.6) is 0 Å². The molecule has 0 aliphatic heterocycles. The number of hydrogen-bond acceptors (Lipinski definition) is 4. The Morgan fingerprint density at radius 1 is 1.50 bits per heavy atom. The van der Waals surface area contributed by atoms with Crippen LogP contribution in [0.1, 0.15) is 26.2 Å². The van der Waals surface area contributed by atoms with Crippen molar-refractivity contribution in [3.05, 3.63) is 0 Å². The van der Waals surface area contributed by atoms with E-state index in [-0.39, 0.29) is 6.61 Å². The van der Waals surface area contributed by atoms with E-state index in [0.717, 1.165) is 12.8 Å². The SMILES string of the molecule is CCCCCOP(=O)(O)O[PH2]=O. The lowest BCUT2D eigenvalue weighted by atomic mass is 10.3. The normalized spacial score (nSPS) is 16.8. The Hall–Kier alpha value is 0.340. The van der Waals surface area contributed by atoms with Gasteiger partial charge in [-0.2, -0.15) is 0 Å². The van der Waals surface area contributed by atoms with Gasteiger partial charge in [0.15, 0.2) is 8.69 Å². The van der Waals surface area contributed by atoms with Crippen molar-refractivity contribution in [2.45, 2.75) is 26.2 Å². The smallest absolute Gasteiger partial charge is 0.302 e. The summed E-state index contributed by atoms with van der Waals surface area (Å²) in [6.45, 7) is 2.18. The largest absolute Gasteiger partial charge is 0.477 e. The minimum absolute atomic E-state index is 0.168. The summed E-state index contributed by atoms with van der Waals surface area (Å²) in [6.07, 6.45) is 2.65. The van der Waals surface area contributed by atoms with Gasteiger partial charge < -0.3 is 4.89 Å². The first-order valence-electron chi connectivity index (χ1n) is 3.71. The van der Waals surface area contributed by atoms with E-state index in [4.69, 9.17) is 4.89 Å². The van der Waals surface area contributed by atoms with Gasteiger partial charge in [0.1, 0.15) is 0 Å². The minimum Gasteiger partial charge on any atom is -0.302 e. The van der Waals surface area contributed by atoms with Crippen molar-refractivity contribution in [3.63, 3.8) is 0 Å². The van der Waals surface area contributed by atoms with Crippen molar-refractivity contribution >= 4 is 16.5 Å². The molecule has 1 N–H and O–H groups in total. The molecular weight excluding hydrogens is 202 g/mol. The Morgan fingerprint density at radius 2 is 2.17 bits per heavy atom. The fourth-order valence-corrected chi connectivity index (χ4v) is 1.66. The van der Waals surface area contributed by atoms with Gasteiger partial charge >= 0.3 is 7.82 Å². The zero-order chi connectivity index (χ0) is 9.45. The zero-order valence-electron chi connectivity index (χ0n) is 6.93. The topological polar surface area (TPSA) is 72.8 Å². The summed E-state index contributed by atoms with van der Waals surface area (Å²) in [5, 5.41) is 0. The number of rotatable bonds is 7. The molecule has 0 aliphatic carbocycles. The fourth-order valence-electron chi connectivity index (χ4n) is 0.617. The van der Waals surface area contributed by atoms with Crippen molar-refractivity contribution in [1.29, 1.82) is 0 Å². The number of unbranched alkanes of at least 4 members (excludes halogenated alkanes) is 2. The molecule has 0 spiro atoms. The quantitative estimate of drug-likeness (QED) is 0.520. The monoisotopic (exact) mass is 216 g/mol. The molecule has 5 nitrogen and oxygen atoms in total. The molecule has 2 atom stereocenters. The average Bonchev–Trinajstić information content (AvgIpc) is 1.98. The molecule has 0 saturated carbocycles. The second-order valence-electron chi connectivity index (χ2n) is 2.21. The molecular formula is C5H14O5P2. The van der Waals surface area contributed by atoms with Gasteiger partial charge in [-0.25, -0.2) is 8.88 Å². The first kappa shape index (κ1) is 12.3. The summed E-state index contributed by atoms with van der Waals surface area (Å²) in [4.78, 5) is 8.75. The standard InChI is InChI=1S/C5H14O5P2/c1-2-3-4-5-9-12(7,8)10-11-6/h2-5,11H2,1H3,(H,7,8). The highest BCUT2D eigenvalue weighted by molar-refractivity contribution is 7.52. The average molecular weight is 216 g/mol. The third-order valence-corrected chi connectivity index (χ3v) is 3.10. The molecule has 7 heteroatoms. The van der Waals surface area contributed by atoms with Crippen molar-refractivity contribution in [2.24, 2.45) is 0 Å².